The minimum atomic E-state index is -2.79. The summed E-state index contributed by atoms with van der Waals surface area (Å²) in [5.74, 6) is 0.608. The van der Waals surface area contributed by atoms with E-state index >= 15 is 0 Å². The van der Waals surface area contributed by atoms with E-state index in [9.17, 15) is 8.42 Å². The molecule has 1 aliphatic carbocycles. The molecule has 0 amide bonds. The van der Waals surface area contributed by atoms with Gasteiger partial charge in [-0.2, -0.15) is 0 Å². The largest absolute Gasteiger partial charge is 0.326 e. The van der Waals surface area contributed by atoms with Gasteiger partial charge in [0, 0.05) is 24.7 Å². The van der Waals surface area contributed by atoms with Crippen LogP contribution in [0.3, 0.4) is 0 Å². The van der Waals surface area contributed by atoms with Crippen LogP contribution in [-0.2, 0) is 9.84 Å². The van der Waals surface area contributed by atoms with Crippen molar-refractivity contribution in [1.29, 1.82) is 0 Å². The molecule has 3 atom stereocenters. The number of sulfone groups is 1. The molecule has 3 unspecified atom stereocenters. The molecule has 2 rings (SSSR count). The third kappa shape index (κ3) is 2.34. The van der Waals surface area contributed by atoms with E-state index in [0.717, 1.165) is 12.8 Å². The number of hydrogen-bond donors (Lipinski definition) is 1. The predicted molar refractivity (Wildman–Crippen MR) is 60.4 cm³/mol. The van der Waals surface area contributed by atoms with Crippen LogP contribution < -0.4 is 5.73 Å². The molecule has 0 spiro atoms. The van der Waals surface area contributed by atoms with E-state index in [0.29, 0.717) is 24.1 Å². The van der Waals surface area contributed by atoms with Crippen LogP contribution in [0.1, 0.15) is 26.2 Å². The van der Waals surface area contributed by atoms with Crippen molar-refractivity contribution in [3.8, 4) is 0 Å². The maximum atomic E-state index is 11.4. The molecule has 0 aromatic heterocycles. The van der Waals surface area contributed by atoms with E-state index in [1.54, 1.807) is 0 Å². The normalized spacial score (nSPS) is 41.9. The highest BCUT2D eigenvalue weighted by Gasteiger charge is 2.36. The molecule has 1 saturated heterocycles. The third-order valence-corrected chi connectivity index (χ3v) is 5.47. The van der Waals surface area contributed by atoms with Gasteiger partial charge < -0.3 is 5.73 Å². The fourth-order valence-electron chi connectivity index (χ4n) is 2.89. The maximum absolute atomic E-state index is 11.4. The number of nitrogens with zero attached hydrogens (tertiary/aromatic N) is 1. The van der Waals surface area contributed by atoms with E-state index in [2.05, 4.69) is 4.90 Å². The molecule has 4 nitrogen and oxygen atoms in total. The zero-order chi connectivity index (χ0) is 11.1. The standard InChI is InChI=1S/C10H20N2O2S/c1-8-7-15(13,14)6-5-12(8)10-4-2-3-9(10)11/h8-10H,2-7,11H2,1H3. The van der Waals surface area contributed by atoms with Gasteiger partial charge in [0.25, 0.3) is 0 Å². The Morgan fingerprint density at radius 2 is 2.07 bits per heavy atom. The van der Waals surface area contributed by atoms with Gasteiger partial charge in [0.1, 0.15) is 0 Å². The highest BCUT2D eigenvalue weighted by atomic mass is 32.2. The molecule has 1 saturated carbocycles. The second kappa shape index (κ2) is 4.03. The minimum absolute atomic E-state index is 0.137. The molecule has 5 heteroatoms. The second-order valence-electron chi connectivity index (χ2n) is 4.86. The monoisotopic (exact) mass is 232 g/mol. The topological polar surface area (TPSA) is 63.4 Å². The van der Waals surface area contributed by atoms with Crippen molar-refractivity contribution in [3.63, 3.8) is 0 Å². The number of nitrogens with two attached hydrogens (primary N) is 1. The first-order valence-electron chi connectivity index (χ1n) is 5.71. The zero-order valence-electron chi connectivity index (χ0n) is 9.22. The quantitative estimate of drug-likeness (QED) is 0.690. The number of hydrogen-bond acceptors (Lipinski definition) is 4. The Hall–Kier alpha value is -0.130. The summed E-state index contributed by atoms with van der Waals surface area (Å²) in [6, 6.07) is 0.793. The van der Waals surface area contributed by atoms with Crippen LogP contribution in [0.15, 0.2) is 0 Å². The second-order valence-corrected chi connectivity index (χ2v) is 7.09. The summed E-state index contributed by atoms with van der Waals surface area (Å²) in [4.78, 5) is 2.30. The lowest BCUT2D eigenvalue weighted by molar-refractivity contribution is 0.148. The summed E-state index contributed by atoms with van der Waals surface area (Å²) < 4.78 is 22.9. The Morgan fingerprint density at radius 1 is 1.33 bits per heavy atom. The molecule has 2 fully saturated rings. The summed E-state index contributed by atoms with van der Waals surface area (Å²) >= 11 is 0. The van der Waals surface area contributed by atoms with E-state index in [-0.39, 0.29) is 12.1 Å². The van der Waals surface area contributed by atoms with Gasteiger partial charge in [0.05, 0.1) is 11.5 Å². The molecule has 0 bridgehead atoms. The molecule has 2 N–H and O–H groups in total. The van der Waals surface area contributed by atoms with Gasteiger partial charge in [0.15, 0.2) is 9.84 Å². The van der Waals surface area contributed by atoms with E-state index in [1.165, 1.54) is 6.42 Å². The third-order valence-electron chi connectivity index (χ3n) is 3.68. The van der Waals surface area contributed by atoms with Crippen molar-refractivity contribution in [2.75, 3.05) is 18.1 Å². The van der Waals surface area contributed by atoms with E-state index in [1.807, 2.05) is 6.92 Å². The van der Waals surface area contributed by atoms with Gasteiger partial charge >= 0.3 is 0 Å². The molecule has 0 radical (unpaired) electrons. The molecule has 1 heterocycles. The van der Waals surface area contributed by atoms with Gasteiger partial charge in [-0.1, -0.05) is 6.42 Å². The molecular weight excluding hydrogens is 212 g/mol. The summed E-state index contributed by atoms with van der Waals surface area (Å²) in [7, 11) is -2.79. The molecule has 1 aliphatic heterocycles. The first-order chi connectivity index (χ1) is 6.99. The molecule has 88 valence electrons. The lowest BCUT2D eigenvalue weighted by atomic mass is 10.1. The highest BCUT2D eigenvalue weighted by molar-refractivity contribution is 7.91. The van der Waals surface area contributed by atoms with E-state index in [4.69, 9.17) is 5.73 Å². The summed E-state index contributed by atoms with van der Waals surface area (Å²) in [6.07, 6.45) is 3.40. The Bertz CT molecular complexity index is 328. The first-order valence-corrected chi connectivity index (χ1v) is 7.53. The Labute approximate surface area is 91.7 Å². The van der Waals surface area contributed by atoms with Gasteiger partial charge in [-0.3, -0.25) is 4.90 Å². The highest BCUT2D eigenvalue weighted by Crippen LogP contribution is 2.26. The van der Waals surface area contributed by atoms with Gasteiger partial charge in [-0.15, -0.1) is 0 Å². The van der Waals surface area contributed by atoms with Crippen molar-refractivity contribution < 1.29 is 8.42 Å². The van der Waals surface area contributed by atoms with Crippen LogP contribution in [0.2, 0.25) is 0 Å². The van der Waals surface area contributed by atoms with Crippen molar-refractivity contribution >= 4 is 9.84 Å². The van der Waals surface area contributed by atoms with Gasteiger partial charge in [0.2, 0.25) is 0 Å². The Balaban J connectivity index is 2.05. The van der Waals surface area contributed by atoms with Crippen LogP contribution in [0.25, 0.3) is 0 Å². The first kappa shape index (κ1) is 11.4. The van der Waals surface area contributed by atoms with Gasteiger partial charge in [-0.25, -0.2) is 8.42 Å². The molecule has 0 aromatic rings. The van der Waals surface area contributed by atoms with Crippen molar-refractivity contribution in [1.82, 2.24) is 4.90 Å². The van der Waals surface area contributed by atoms with Crippen LogP contribution in [0, 0.1) is 0 Å². The SMILES string of the molecule is CC1CS(=O)(=O)CCN1C1CCCC1N. The maximum Gasteiger partial charge on any atom is 0.153 e. The van der Waals surface area contributed by atoms with E-state index < -0.39 is 9.84 Å². The van der Waals surface area contributed by atoms with Crippen LogP contribution in [0.4, 0.5) is 0 Å². The molecule has 0 aromatic carbocycles. The van der Waals surface area contributed by atoms with Crippen LogP contribution in [0.5, 0.6) is 0 Å². The fraction of sp³-hybridized carbons (Fsp3) is 1.00. The van der Waals surface area contributed by atoms with Crippen molar-refractivity contribution in [3.05, 3.63) is 0 Å². The lowest BCUT2D eigenvalue weighted by Crippen LogP contribution is -2.55. The molecular formula is C10H20N2O2S. The Morgan fingerprint density at radius 3 is 2.60 bits per heavy atom. The van der Waals surface area contributed by atoms with Crippen molar-refractivity contribution in [2.24, 2.45) is 5.73 Å². The Kier molecular flexibility index (Phi) is 3.05. The fourth-order valence-corrected chi connectivity index (χ4v) is 4.47. The minimum Gasteiger partial charge on any atom is -0.326 e. The molecule has 15 heavy (non-hydrogen) atoms. The average molecular weight is 232 g/mol. The zero-order valence-corrected chi connectivity index (χ0v) is 10.0. The van der Waals surface area contributed by atoms with Crippen LogP contribution in [-0.4, -0.2) is 49.5 Å². The number of rotatable bonds is 1. The summed E-state index contributed by atoms with van der Waals surface area (Å²) in [5.41, 5.74) is 6.05. The smallest absolute Gasteiger partial charge is 0.153 e. The lowest BCUT2D eigenvalue weighted by Gasteiger charge is -2.39. The average Bonchev–Trinajstić information content (AvgIpc) is 2.50. The summed E-state index contributed by atoms with van der Waals surface area (Å²) in [6.45, 7) is 2.67. The predicted octanol–water partition coefficient (Wildman–Crippen LogP) is -0.0149. The summed E-state index contributed by atoms with van der Waals surface area (Å²) in [5, 5.41) is 0. The van der Waals surface area contributed by atoms with Gasteiger partial charge in [-0.05, 0) is 19.8 Å². The van der Waals surface area contributed by atoms with Crippen LogP contribution >= 0.6 is 0 Å². The molecule has 2 aliphatic rings. The van der Waals surface area contributed by atoms with Crippen molar-refractivity contribution in [2.45, 2.75) is 44.3 Å².